The first-order valence-corrected chi connectivity index (χ1v) is 19.0. The Kier molecular flexibility index (Phi) is 15.4. The zero-order chi connectivity index (χ0) is 44.8. The Morgan fingerprint density at radius 2 is 0.903 bits per heavy atom. The fourth-order valence-electron chi connectivity index (χ4n) is 6.23. The molecular formula is C42H44N8O12. The third-order valence-corrected chi connectivity index (χ3v) is 9.18. The van der Waals surface area contributed by atoms with Gasteiger partial charge in [0.25, 0.3) is 0 Å². The summed E-state index contributed by atoms with van der Waals surface area (Å²) in [6.45, 7) is -2.89. The van der Waals surface area contributed by atoms with E-state index in [1.165, 1.54) is 12.1 Å². The maximum Gasteiger partial charge on any atom is 0.410 e. The van der Waals surface area contributed by atoms with Gasteiger partial charge in [-0.2, -0.15) is 0 Å². The summed E-state index contributed by atoms with van der Waals surface area (Å²) in [4.78, 5) is 105. The number of amides is 6. The van der Waals surface area contributed by atoms with Crippen molar-refractivity contribution in [2.45, 2.75) is 13.2 Å². The van der Waals surface area contributed by atoms with Gasteiger partial charge in [0.1, 0.15) is 37.8 Å². The van der Waals surface area contributed by atoms with E-state index >= 15 is 0 Å². The van der Waals surface area contributed by atoms with Gasteiger partial charge in [-0.1, -0.05) is 60.7 Å². The summed E-state index contributed by atoms with van der Waals surface area (Å²) in [6, 6.07) is 22.5. The Labute approximate surface area is 354 Å². The molecule has 10 N–H and O–H groups in total. The van der Waals surface area contributed by atoms with Gasteiger partial charge in [-0.15, -0.1) is 0 Å². The van der Waals surface area contributed by atoms with Crippen LogP contribution in [0.5, 0.6) is 11.5 Å². The number of nitrogens with zero attached hydrogens (tertiary/aromatic N) is 2. The van der Waals surface area contributed by atoms with Crippen LogP contribution in [0, 0.1) is 0 Å². The molecular weight excluding hydrogens is 809 g/mol. The van der Waals surface area contributed by atoms with E-state index < -0.39 is 96.2 Å². The molecule has 6 amide bonds. The normalized spacial score (nSPS) is 11.3. The summed E-state index contributed by atoms with van der Waals surface area (Å²) < 4.78 is 10.8. The topological polar surface area (TPSA) is 302 Å². The molecule has 20 heteroatoms. The van der Waals surface area contributed by atoms with Gasteiger partial charge in [0, 0.05) is 37.6 Å². The standard InChI is InChI=1S/C42H44N8O12/c43-31(53)19-47-33(55)21-49(41(59)61-23-25-7-3-1-4-8-25)17-15-45-27-11-12-28(36-35(27)39(57)37-29(51)13-14-30(52)38(37)40(36)58)46-16-18-50(22-34(56)48-20-32(44)54)42(60)62-24-26-9-5-2-6-10-26/h1-14,45-46,51-52H,15-24H2,(H2,43,53)(H2,44,54)(H,47,55)(H,48,56). The minimum Gasteiger partial charge on any atom is -0.507 e. The molecule has 0 bridgehead atoms. The van der Waals surface area contributed by atoms with Crippen molar-refractivity contribution in [3.8, 4) is 11.5 Å². The smallest absolute Gasteiger partial charge is 0.410 e. The molecule has 0 aliphatic heterocycles. The van der Waals surface area contributed by atoms with Crippen LogP contribution in [0.1, 0.15) is 43.0 Å². The molecule has 0 atom stereocenters. The molecule has 1 aliphatic rings. The number of ether oxygens (including phenoxy) is 2. The molecule has 5 rings (SSSR count). The lowest BCUT2D eigenvalue weighted by molar-refractivity contribution is -0.125. The van der Waals surface area contributed by atoms with E-state index in [1.807, 2.05) is 0 Å². The molecule has 62 heavy (non-hydrogen) atoms. The maximum atomic E-state index is 14.2. The number of rotatable bonds is 20. The number of ketones is 2. The van der Waals surface area contributed by atoms with Gasteiger partial charge >= 0.3 is 12.2 Å². The Hall–Kier alpha value is -8.16. The number of aromatic hydroxyl groups is 2. The van der Waals surface area contributed by atoms with Gasteiger partial charge in [0.2, 0.25) is 35.2 Å². The van der Waals surface area contributed by atoms with Crippen LogP contribution in [0.4, 0.5) is 21.0 Å². The van der Waals surface area contributed by atoms with Crippen molar-refractivity contribution in [3.05, 3.63) is 118 Å². The molecule has 324 valence electrons. The number of phenols is 2. The second kappa shape index (κ2) is 21.2. The van der Waals surface area contributed by atoms with Crippen molar-refractivity contribution in [2.24, 2.45) is 11.5 Å². The highest BCUT2D eigenvalue weighted by Crippen LogP contribution is 2.42. The number of phenolic OH excluding ortho intramolecular Hbond substituents is 2. The average molecular weight is 853 g/mol. The van der Waals surface area contributed by atoms with Crippen molar-refractivity contribution < 1.29 is 58.0 Å². The second-order valence-electron chi connectivity index (χ2n) is 13.7. The lowest BCUT2D eigenvalue weighted by Gasteiger charge is -2.26. The number of hydrogen-bond acceptors (Lipinski definition) is 14. The molecule has 0 fully saturated rings. The van der Waals surface area contributed by atoms with E-state index in [-0.39, 0.29) is 61.9 Å². The maximum absolute atomic E-state index is 14.2. The Morgan fingerprint density at radius 1 is 0.532 bits per heavy atom. The first-order valence-electron chi connectivity index (χ1n) is 19.0. The monoisotopic (exact) mass is 852 g/mol. The minimum atomic E-state index is -0.879. The van der Waals surface area contributed by atoms with Gasteiger partial charge in [0.15, 0.2) is 0 Å². The molecule has 0 saturated heterocycles. The molecule has 4 aromatic carbocycles. The molecule has 0 saturated carbocycles. The van der Waals surface area contributed by atoms with Crippen LogP contribution in [-0.4, -0.2) is 120 Å². The highest BCUT2D eigenvalue weighted by atomic mass is 16.6. The van der Waals surface area contributed by atoms with Crippen molar-refractivity contribution in [1.82, 2.24) is 20.4 Å². The largest absolute Gasteiger partial charge is 0.507 e. The van der Waals surface area contributed by atoms with Gasteiger partial charge in [-0.05, 0) is 35.4 Å². The minimum absolute atomic E-state index is 0.0744. The van der Waals surface area contributed by atoms with Gasteiger partial charge in [-0.25, -0.2) is 9.59 Å². The van der Waals surface area contributed by atoms with Crippen LogP contribution in [0.3, 0.4) is 0 Å². The summed E-state index contributed by atoms with van der Waals surface area (Å²) in [5.74, 6) is -5.84. The number of nitrogens with one attached hydrogen (secondary N) is 4. The number of fused-ring (bicyclic) bond motifs is 2. The number of carbonyl (C=O) groups is 8. The lowest BCUT2D eigenvalue weighted by Crippen LogP contribution is -2.44. The predicted octanol–water partition coefficient (Wildman–Crippen LogP) is 1.18. The van der Waals surface area contributed by atoms with Crippen LogP contribution in [0.2, 0.25) is 0 Å². The first kappa shape index (κ1) is 44.9. The average Bonchev–Trinajstić information content (AvgIpc) is 3.26. The van der Waals surface area contributed by atoms with Crippen molar-refractivity contribution >= 4 is 58.8 Å². The summed E-state index contributed by atoms with van der Waals surface area (Å²) in [5, 5.41) is 32.1. The van der Waals surface area contributed by atoms with E-state index in [1.54, 1.807) is 60.7 Å². The summed E-state index contributed by atoms with van der Waals surface area (Å²) in [6.07, 6.45) is -1.76. The van der Waals surface area contributed by atoms with Crippen LogP contribution >= 0.6 is 0 Å². The Bertz CT molecular complexity index is 2180. The van der Waals surface area contributed by atoms with E-state index in [2.05, 4.69) is 21.3 Å². The second-order valence-corrected chi connectivity index (χ2v) is 13.7. The molecule has 0 heterocycles. The number of benzene rings is 4. The van der Waals surface area contributed by atoms with Crippen LogP contribution in [-0.2, 0) is 41.9 Å². The summed E-state index contributed by atoms with van der Waals surface area (Å²) in [5.41, 5.74) is 10.5. The van der Waals surface area contributed by atoms with E-state index in [0.717, 1.165) is 21.9 Å². The molecule has 20 nitrogen and oxygen atoms in total. The number of nitrogens with two attached hydrogens (primary N) is 2. The predicted molar refractivity (Wildman–Crippen MR) is 221 cm³/mol. The van der Waals surface area contributed by atoms with Gasteiger partial charge < -0.3 is 52.4 Å². The number of hydrogen-bond donors (Lipinski definition) is 8. The fourth-order valence-corrected chi connectivity index (χ4v) is 6.23. The summed E-state index contributed by atoms with van der Waals surface area (Å²) >= 11 is 0. The molecule has 0 aromatic heterocycles. The van der Waals surface area contributed by atoms with Crippen LogP contribution in [0.15, 0.2) is 84.9 Å². The van der Waals surface area contributed by atoms with Gasteiger partial charge in [-0.3, -0.25) is 38.6 Å². The van der Waals surface area contributed by atoms with Crippen LogP contribution in [0.25, 0.3) is 0 Å². The number of carbonyl (C=O) groups excluding carboxylic acids is 8. The van der Waals surface area contributed by atoms with Crippen LogP contribution < -0.4 is 32.7 Å². The fraction of sp³-hybridized carbons (Fsp3) is 0.238. The molecule has 0 spiro atoms. The molecule has 0 radical (unpaired) electrons. The molecule has 0 unspecified atom stereocenters. The quantitative estimate of drug-likeness (QED) is 0.0511. The first-order chi connectivity index (χ1) is 29.7. The molecule has 1 aliphatic carbocycles. The lowest BCUT2D eigenvalue weighted by atomic mass is 9.81. The number of anilines is 2. The SMILES string of the molecule is NC(=O)CNC(=O)CN(CCNc1ccc(NCCN(CC(=O)NCC(N)=O)C(=O)OCc2ccccc2)c2c1C(=O)c1c(O)ccc(O)c1C2=O)C(=O)OCc1ccccc1. The van der Waals surface area contributed by atoms with E-state index in [4.69, 9.17) is 20.9 Å². The Balaban J connectivity index is 1.38. The van der Waals surface area contributed by atoms with Crippen molar-refractivity contribution in [1.29, 1.82) is 0 Å². The van der Waals surface area contributed by atoms with Gasteiger partial charge in [0.05, 0.1) is 35.3 Å². The van der Waals surface area contributed by atoms with E-state index in [0.29, 0.717) is 11.1 Å². The molecule has 4 aromatic rings. The summed E-state index contributed by atoms with van der Waals surface area (Å²) in [7, 11) is 0. The van der Waals surface area contributed by atoms with E-state index in [9.17, 15) is 48.6 Å². The zero-order valence-corrected chi connectivity index (χ0v) is 33.2. The third-order valence-electron chi connectivity index (χ3n) is 9.18. The third kappa shape index (κ3) is 12.0. The van der Waals surface area contributed by atoms with Crippen molar-refractivity contribution in [3.63, 3.8) is 0 Å². The highest BCUT2D eigenvalue weighted by molar-refractivity contribution is 6.33. The number of primary amides is 2. The Morgan fingerprint density at radius 3 is 1.26 bits per heavy atom. The zero-order valence-electron chi connectivity index (χ0n) is 33.2. The highest BCUT2D eigenvalue weighted by Gasteiger charge is 2.38. The van der Waals surface area contributed by atoms with Crippen molar-refractivity contribution in [2.75, 3.05) is 63.0 Å².